The van der Waals surface area contributed by atoms with Gasteiger partial charge in [0.15, 0.2) is 0 Å². The maximum Gasteiger partial charge on any atom is 0.255 e. The molecule has 12 nitrogen and oxygen atoms in total. The van der Waals surface area contributed by atoms with Crippen LogP contribution in [0.3, 0.4) is 0 Å². The number of hydrogen-bond donors (Lipinski definition) is 4. The average molecular weight is 794 g/mol. The number of aliphatic hydroxyl groups excluding tert-OH is 1. The number of benzene rings is 4. The first-order valence-electron chi connectivity index (χ1n) is 18.9. The quantitative estimate of drug-likeness (QED) is 0.0876. The predicted molar refractivity (Wildman–Crippen MR) is 213 cm³/mol. The normalized spacial score (nSPS) is 21.9. The number of fused-ring (bicyclic) bond motifs is 4. The zero-order chi connectivity index (χ0) is 39.1. The van der Waals surface area contributed by atoms with Gasteiger partial charge in [-0.05, 0) is 103 Å². The molecule has 4 heterocycles. The predicted octanol–water partition coefficient (Wildman–Crippen LogP) is 5.47. The van der Waals surface area contributed by atoms with Gasteiger partial charge in [0, 0.05) is 53.7 Å². The lowest BCUT2D eigenvalue weighted by Gasteiger charge is -2.39. The van der Waals surface area contributed by atoms with Crippen molar-refractivity contribution in [3.8, 4) is 11.1 Å². The van der Waals surface area contributed by atoms with Crippen LogP contribution < -0.4 is 16.0 Å². The monoisotopic (exact) mass is 793 g/mol. The van der Waals surface area contributed by atoms with Crippen LogP contribution in [-0.2, 0) is 31.0 Å². The number of thioether (sulfide) groups is 1. The Bertz CT molecular complexity index is 2330. The highest BCUT2D eigenvalue weighted by Crippen LogP contribution is 2.49. The van der Waals surface area contributed by atoms with Gasteiger partial charge < -0.3 is 20.6 Å². The van der Waals surface area contributed by atoms with Gasteiger partial charge in [-0.2, -0.15) is 4.31 Å². The molecule has 4 atom stereocenters. The largest absolute Gasteiger partial charge is 0.394 e. The molecular formula is C42H43N5O7S2. The van der Waals surface area contributed by atoms with Crippen LogP contribution in [0.2, 0.25) is 0 Å². The minimum absolute atomic E-state index is 0.107. The molecule has 4 amide bonds. The van der Waals surface area contributed by atoms with Crippen molar-refractivity contribution >= 4 is 56.8 Å². The zero-order valence-electron chi connectivity index (χ0n) is 30.9. The summed E-state index contributed by atoms with van der Waals surface area (Å²) in [6.45, 7) is 2.46. The Morgan fingerprint density at radius 3 is 2.54 bits per heavy atom. The molecule has 56 heavy (non-hydrogen) atoms. The Kier molecular flexibility index (Phi) is 10.5. The van der Waals surface area contributed by atoms with Gasteiger partial charge in [0.05, 0.1) is 23.6 Å². The van der Waals surface area contributed by atoms with Crippen molar-refractivity contribution in [2.24, 2.45) is 5.92 Å². The third-order valence-electron chi connectivity index (χ3n) is 11.3. The van der Waals surface area contributed by atoms with Crippen LogP contribution in [-0.4, -0.2) is 77.3 Å². The van der Waals surface area contributed by atoms with Gasteiger partial charge in [-0.1, -0.05) is 42.0 Å². The van der Waals surface area contributed by atoms with E-state index in [1.165, 1.54) is 0 Å². The lowest BCUT2D eigenvalue weighted by molar-refractivity contribution is -0.137. The number of carbonyl (C=O) groups excluding carboxylic acids is 4. The lowest BCUT2D eigenvalue weighted by atomic mass is 9.82. The molecule has 0 radical (unpaired) electrons. The van der Waals surface area contributed by atoms with Crippen molar-refractivity contribution in [1.82, 2.24) is 14.5 Å². The number of carbonyl (C=O) groups is 4. The fourth-order valence-electron chi connectivity index (χ4n) is 8.42. The van der Waals surface area contributed by atoms with E-state index in [4.69, 9.17) is 0 Å². The number of rotatable bonds is 11. The molecule has 0 saturated carbocycles. The number of nitrogens with one attached hydrogen (secondary N) is 3. The Labute approximate surface area is 330 Å². The molecule has 4 N–H and O–H groups in total. The third kappa shape index (κ3) is 7.22. The van der Waals surface area contributed by atoms with Gasteiger partial charge in [-0.3, -0.25) is 24.5 Å². The molecule has 2 fully saturated rings. The van der Waals surface area contributed by atoms with Crippen molar-refractivity contribution < 1.29 is 32.7 Å². The van der Waals surface area contributed by atoms with Gasteiger partial charge in [0.1, 0.15) is 6.04 Å². The van der Waals surface area contributed by atoms with Gasteiger partial charge in [0.2, 0.25) is 27.7 Å². The fourth-order valence-corrected chi connectivity index (χ4v) is 11.1. The number of nitrogens with zero attached hydrogens (tertiary/aromatic N) is 2. The summed E-state index contributed by atoms with van der Waals surface area (Å²) in [5.41, 5.74) is 6.45. The van der Waals surface area contributed by atoms with E-state index in [2.05, 4.69) is 16.0 Å². The standard InChI is InChI=1S/C42H43N5O7S2/c1-25-10-13-29(14-11-25)56(53,54)47-19-18-31-35(24-48)44-34-15-12-27(22-32(34)40(31)47)26-5-2-6-28(21-26)43-38(49)9-4-20-55-37-8-3-7-30-33(37)23-46(42(30)52)36-16-17-39(50)45-41(36)51/h2-3,5-8,10-15,21-22,31,35-36,40,44,48H,4,9,16-20,23-24H2,1H3,(H,43,49)(H,45,50,51)/t31-,35+,36?,40-/m1/s1. The molecule has 4 aromatic rings. The smallest absolute Gasteiger partial charge is 0.255 e. The molecule has 290 valence electrons. The molecular weight excluding hydrogens is 751 g/mol. The Morgan fingerprint density at radius 2 is 1.75 bits per heavy atom. The molecule has 8 rings (SSSR count). The first-order chi connectivity index (χ1) is 27.0. The van der Waals surface area contributed by atoms with E-state index in [0.717, 1.165) is 38.4 Å². The minimum Gasteiger partial charge on any atom is -0.394 e. The number of aliphatic hydroxyl groups is 1. The summed E-state index contributed by atoms with van der Waals surface area (Å²) >= 11 is 1.57. The summed E-state index contributed by atoms with van der Waals surface area (Å²) in [5, 5.41) is 19.1. The number of hydrogen-bond acceptors (Lipinski definition) is 9. The summed E-state index contributed by atoms with van der Waals surface area (Å²) in [4.78, 5) is 53.1. The van der Waals surface area contributed by atoms with E-state index in [1.54, 1.807) is 51.3 Å². The van der Waals surface area contributed by atoms with Gasteiger partial charge in [-0.15, -0.1) is 11.8 Å². The van der Waals surface area contributed by atoms with Crippen molar-refractivity contribution in [2.75, 3.05) is 29.5 Å². The lowest BCUT2D eigenvalue weighted by Crippen LogP contribution is -2.52. The number of sulfonamides is 1. The summed E-state index contributed by atoms with van der Waals surface area (Å²) in [6.07, 6.45) is 2.02. The van der Waals surface area contributed by atoms with E-state index in [1.807, 2.05) is 61.5 Å². The van der Waals surface area contributed by atoms with Crippen LogP contribution in [0.25, 0.3) is 11.1 Å². The van der Waals surface area contributed by atoms with E-state index >= 15 is 0 Å². The van der Waals surface area contributed by atoms with Crippen molar-refractivity contribution in [3.63, 3.8) is 0 Å². The highest BCUT2D eigenvalue weighted by molar-refractivity contribution is 7.99. The van der Waals surface area contributed by atoms with Crippen LogP contribution in [0.4, 0.5) is 11.4 Å². The molecule has 4 aliphatic heterocycles. The first-order valence-corrected chi connectivity index (χ1v) is 21.3. The molecule has 14 heteroatoms. The molecule has 4 aliphatic rings. The van der Waals surface area contributed by atoms with Gasteiger partial charge in [-0.25, -0.2) is 8.42 Å². The summed E-state index contributed by atoms with van der Waals surface area (Å²) < 4.78 is 29.6. The maximum absolute atomic E-state index is 14.0. The first kappa shape index (κ1) is 37.9. The van der Waals surface area contributed by atoms with Crippen molar-refractivity contribution in [2.45, 2.75) is 73.5 Å². The van der Waals surface area contributed by atoms with E-state index in [-0.39, 0.29) is 47.6 Å². The van der Waals surface area contributed by atoms with Crippen molar-refractivity contribution in [3.05, 3.63) is 107 Å². The second kappa shape index (κ2) is 15.5. The summed E-state index contributed by atoms with van der Waals surface area (Å²) in [7, 11) is -3.80. The third-order valence-corrected chi connectivity index (χ3v) is 14.4. The molecule has 0 aromatic heterocycles. The number of imide groups is 1. The van der Waals surface area contributed by atoms with Crippen LogP contribution >= 0.6 is 11.8 Å². The summed E-state index contributed by atoms with van der Waals surface area (Å²) in [6, 6.07) is 24.5. The highest BCUT2D eigenvalue weighted by atomic mass is 32.2. The molecule has 1 unspecified atom stereocenters. The second-order valence-electron chi connectivity index (χ2n) is 14.8. The number of piperidine rings is 1. The van der Waals surface area contributed by atoms with E-state index < -0.39 is 28.0 Å². The second-order valence-corrected chi connectivity index (χ2v) is 17.9. The Balaban J connectivity index is 0.916. The van der Waals surface area contributed by atoms with Gasteiger partial charge >= 0.3 is 0 Å². The SMILES string of the molecule is Cc1ccc(S(=O)(=O)N2CC[C@@H]3[C@H](CO)Nc4ccc(-c5cccc(NC(=O)CCCSc6cccc7c6CN(C6CCC(=O)NC6=O)C7=O)c5)cc4[C@@H]32)cc1. The minimum atomic E-state index is -3.80. The number of anilines is 2. The zero-order valence-corrected chi connectivity index (χ0v) is 32.5. The van der Waals surface area contributed by atoms with Crippen LogP contribution in [0.15, 0.2) is 94.7 Å². The molecule has 0 bridgehead atoms. The molecule has 4 aromatic carbocycles. The topological polar surface area (TPSA) is 165 Å². The van der Waals surface area contributed by atoms with Crippen LogP contribution in [0.1, 0.15) is 65.2 Å². The molecule has 0 aliphatic carbocycles. The van der Waals surface area contributed by atoms with Gasteiger partial charge in [0.25, 0.3) is 5.91 Å². The number of amides is 4. The van der Waals surface area contributed by atoms with E-state index in [0.29, 0.717) is 55.8 Å². The Hall–Kier alpha value is -5.02. The summed E-state index contributed by atoms with van der Waals surface area (Å²) in [5.74, 6) is -0.559. The molecule has 2 saturated heterocycles. The van der Waals surface area contributed by atoms with Crippen LogP contribution in [0, 0.1) is 12.8 Å². The highest BCUT2D eigenvalue weighted by Gasteiger charge is 2.48. The van der Waals surface area contributed by atoms with Crippen molar-refractivity contribution in [1.29, 1.82) is 0 Å². The van der Waals surface area contributed by atoms with E-state index in [9.17, 15) is 32.7 Å². The molecule has 0 spiro atoms. The fraction of sp³-hybridized carbons (Fsp3) is 0.333. The maximum atomic E-state index is 14.0. The number of aryl methyl sites for hydroxylation is 1. The average Bonchev–Trinajstić information content (AvgIpc) is 3.79. The van der Waals surface area contributed by atoms with Crippen LogP contribution in [0.5, 0.6) is 0 Å². The Morgan fingerprint density at radius 1 is 0.964 bits per heavy atom.